The fourth-order valence-electron chi connectivity index (χ4n) is 10.4. The molecule has 12 atom stereocenters. The normalized spacial score (nSPS) is 22.3. The van der Waals surface area contributed by atoms with Crippen LogP contribution in [-0.2, 0) is 38.1 Å². The number of rotatable bonds is 34. The molecule has 7 rings (SSSR count). The summed E-state index contributed by atoms with van der Waals surface area (Å²) in [7, 11) is 0. The molecule has 0 bridgehead atoms. The van der Waals surface area contributed by atoms with Crippen molar-refractivity contribution in [2.45, 2.75) is 112 Å². The van der Waals surface area contributed by atoms with E-state index in [2.05, 4.69) is 36.9 Å². The first kappa shape index (κ1) is 73.5. The lowest BCUT2D eigenvalue weighted by Gasteiger charge is -2.46. The Kier molecular flexibility index (Phi) is 27.8. The number of aliphatic hydroxyl groups excluding tert-OH is 6. The first-order valence-electron chi connectivity index (χ1n) is 30.3. The van der Waals surface area contributed by atoms with E-state index in [1.165, 1.54) is 41.9 Å². The number of carboxylic acids is 2. The van der Waals surface area contributed by atoms with Crippen molar-refractivity contribution in [1.82, 2.24) is 36.9 Å². The summed E-state index contributed by atoms with van der Waals surface area (Å²) < 4.78 is 23.1. The molecule has 0 spiro atoms. The lowest BCUT2D eigenvalue weighted by Crippen LogP contribution is -2.68. The predicted octanol–water partition coefficient (Wildman–Crippen LogP) is 1.33. The molecule has 29 heteroatoms. The van der Waals surface area contributed by atoms with Gasteiger partial charge in [0.1, 0.15) is 30.1 Å². The van der Waals surface area contributed by atoms with Crippen LogP contribution in [0.4, 0.5) is 0 Å². The summed E-state index contributed by atoms with van der Waals surface area (Å²) >= 11 is 2.81. The van der Waals surface area contributed by atoms with Crippen LogP contribution in [0.2, 0.25) is 0 Å². The van der Waals surface area contributed by atoms with Crippen LogP contribution in [0.15, 0.2) is 128 Å². The maximum Gasteiger partial charge on any atom is 0.364 e. The Bertz CT molecular complexity index is 3110. The van der Waals surface area contributed by atoms with Gasteiger partial charge < -0.3 is 91.7 Å². The highest BCUT2D eigenvalue weighted by Crippen LogP contribution is 2.36. The summed E-state index contributed by atoms with van der Waals surface area (Å²) in [5.41, 5.74) is 4.39. The monoisotopic (exact) mass is 1340 g/mol. The number of amides is 6. The molecule has 2 fully saturated rings. The zero-order chi connectivity index (χ0) is 68.0. The number of aliphatic hydroxyl groups is 6. The maximum atomic E-state index is 13.0. The number of carboxylic acid groups (broad SMARTS) is 2. The third-order valence-electron chi connectivity index (χ3n) is 15.3. The molecule has 2 aliphatic rings. The summed E-state index contributed by atoms with van der Waals surface area (Å²) in [4.78, 5) is 106. The SMILES string of the molecule is CC(=O)N[C@H]1[C@H]([C@H](O)[C@H](O)CNC(=O)c2ccc(-c3ccccc3)cc2)O[C@@](OCCCSCCNC(=O)c2ccc(C(=O)NCCSCCCO[C@]3(C(=O)O)C[C@H](O)[C@@H](NC(C)=O)[C@H]([C@H](O)[C@H](O)CNC(=O)c4ccc(-c5ccccc5)cc4)O3)nc2)(C(=O)O)C[C@@H]1O. The Morgan fingerprint density at radius 3 is 1.26 bits per heavy atom. The quantitative estimate of drug-likeness (QED) is 0.0258. The van der Waals surface area contributed by atoms with Gasteiger partial charge in [-0.05, 0) is 83.0 Å². The molecule has 506 valence electrons. The van der Waals surface area contributed by atoms with E-state index in [9.17, 15) is 79.2 Å². The van der Waals surface area contributed by atoms with Crippen LogP contribution < -0.4 is 31.9 Å². The first-order chi connectivity index (χ1) is 45.0. The van der Waals surface area contributed by atoms with Gasteiger partial charge in [0.25, 0.3) is 35.2 Å². The van der Waals surface area contributed by atoms with Crippen molar-refractivity contribution in [1.29, 1.82) is 0 Å². The number of pyridine rings is 1. The Labute approximate surface area is 550 Å². The van der Waals surface area contributed by atoms with Gasteiger partial charge in [0, 0.05) is 81.7 Å². The summed E-state index contributed by atoms with van der Waals surface area (Å²) in [5, 5.41) is 103. The number of aromatic nitrogens is 1. The Balaban J connectivity index is 0.773. The minimum absolute atomic E-state index is 0.0465. The maximum absolute atomic E-state index is 13.0. The Morgan fingerprint density at radius 1 is 0.511 bits per heavy atom. The second kappa shape index (κ2) is 35.6. The molecule has 0 aliphatic carbocycles. The van der Waals surface area contributed by atoms with Crippen molar-refractivity contribution in [2.24, 2.45) is 0 Å². The zero-order valence-electron chi connectivity index (χ0n) is 51.5. The van der Waals surface area contributed by atoms with Crippen LogP contribution in [0.1, 0.15) is 81.1 Å². The lowest BCUT2D eigenvalue weighted by molar-refractivity contribution is -0.310. The van der Waals surface area contributed by atoms with Crippen molar-refractivity contribution in [3.05, 3.63) is 150 Å². The molecule has 0 saturated carbocycles. The number of carbonyl (C=O) groups excluding carboxylic acids is 6. The molecule has 14 N–H and O–H groups in total. The van der Waals surface area contributed by atoms with Crippen LogP contribution in [-0.4, -0.2) is 228 Å². The van der Waals surface area contributed by atoms with Gasteiger partial charge in [-0.1, -0.05) is 84.9 Å². The number of nitrogens with zero attached hydrogens (tertiary/aromatic N) is 1. The average molecular weight is 1340 g/mol. The topological polar surface area (TPSA) is 420 Å². The fraction of sp³-hybridized carbons (Fsp3) is 0.431. The molecule has 94 heavy (non-hydrogen) atoms. The molecule has 0 unspecified atom stereocenters. The number of aliphatic carboxylic acids is 2. The highest BCUT2D eigenvalue weighted by atomic mass is 32.2. The third-order valence-corrected chi connectivity index (χ3v) is 17.4. The van der Waals surface area contributed by atoms with E-state index in [1.807, 2.05) is 60.7 Å². The van der Waals surface area contributed by atoms with Gasteiger partial charge in [-0.15, -0.1) is 0 Å². The van der Waals surface area contributed by atoms with Gasteiger partial charge in [-0.25, -0.2) is 9.59 Å². The molecular formula is C65H79N7O20S2. The number of hydrogen-bond donors (Lipinski definition) is 14. The number of ether oxygens (including phenoxy) is 4. The zero-order valence-corrected chi connectivity index (χ0v) is 53.2. The standard InChI is InChI=1S/C65H79N7O20S2/c1-38(73)71-52-48(75)33-64(62(85)86,91-56(52)54(79)50(77)36-69-58(81)44-19-15-42(16-20-44)40-11-5-3-6-12-40)89-27-9-29-93-31-25-66-60(83)46-23-24-47(68-35-46)61(84)67-26-32-94-30-10-28-90-65(63(87)88)34-49(76)53(72-39(2)74)57(92-65)55(80)51(78)37-70-59(82)45-21-17-43(18-22-45)41-13-7-4-8-14-41/h3-8,11-24,35,48-57,75-80H,9-10,25-34,36-37H2,1-2H3,(H,66,83)(H,67,84)(H,69,81)(H,70,82)(H,71,73)(H,72,74)(H,85,86)(H,87,88)/t48-,49-,50+,51+,52+,53+,54+,55+,56+,57+,64+,65+/m0/s1. The van der Waals surface area contributed by atoms with E-state index in [1.54, 1.807) is 48.5 Å². The molecule has 1 aromatic heterocycles. The van der Waals surface area contributed by atoms with Crippen molar-refractivity contribution >= 4 is 70.9 Å². The van der Waals surface area contributed by atoms with Crippen LogP contribution in [0.5, 0.6) is 0 Å². The van der Waals surface area contributed by atoms with Crippen molar-refractivity contribution in [3.63, 3.8) is 0 Å². The van der Waals surface area contributed by atoms with Crippen LogP contribution >= 0.6 is 23.5 Å². The van der Waals surface area contributed by atoms with Gasteiger partial charge in [0.2, 0.25) is 11.8 Å². The molecule has 2 aliphatic heterocycles. The van der Waals surface area contributed by atoms with Gasteiger partial charge >= 0.3 is 11.9 Å². The highest BCUT2D eigenvalue weighted by molar-refractivity contribution is 7.99. The van der Waals surface area contributed by atoms with Crippen molar-refractivity contribution in [2.75, 3.05) is 62.4 Å². The molecule has 6 amide bonds. The van der Waals surface area contributed by atoms with Gasteiger partial charge in [0.05, 0.1) is 55.3 Å². The summed E-state index contributed by atoms with van der Waals surface area (Å²) in [6, 6.07) is 32.4. The molecule has 4 aromatic carbocycles. The molecular weight excluding hydrogens is 1260 g/mol. The lowest BCUT2D eigenvalue weighted by atomic mass is 9.88. The van der Waals surface area contributed by atoms with Crippen LogP contribution in [0, 0.1) is 0 Å². The van der Waals surface area contributed by atoms with E-state index >= 15 is 0 Å². The summed E-state index contributed by atoms with van der Waals surface area (Å²) in [6.07, 6.45) is -13.5. The number of carbonyl (C=O) groups is 8. The van der Waals surface area contributed by atoms with Crippen molar-refractivity contribution in [3.8, 4) is 22.3 Å². The van der Waals surface area contributed by atoms with E-state index < -0.39 is 146 Å². The van der Waals surface area contributed by atoms with Crippen LogP contribution in [0.25, 0.3) is 22.3 Å². The van der Waals surface area contributed by atoms with E-state index in [0.717, 1.165) is 36.1 Å². The molecule has 27 nitrogen and oxygen atoms in total. The number of nitrogens with one attached hydrogen (secondary N) is 6. The second-order valence-electron chi connectivity index (χ2n) is 22.3. The average Bonchev–Trinajstić information content (AvgIpc) is 0.791. The van der Waals surface area contributed by atoms with Gasteiger partial charge in [0.15, 0.2) is 0 Å². The minimum atomic E-state index is -2.50. The van der Waals surface area contributed by atoms with Crippen LogP contribution in [0.3, 0.4) is 0 Å². The summed E-state index contributed by atoms with van der Waals surface area (Å²) in [6.45, 7) is 1.32. The molecule has 0 radical (unpaired) electrons. The highest BCUT2D eigenvalue weighted by Gasteiger charge is 2.57. The molecule has 2 saturated heterocycles. The smallest absolute Gasteiger partial charge is 0.364 e. The predicted molar refractivity (Wildman–Crippen MR) is 344 cm³/mol. The number of thioether (sulfide) groups is 2. The Hall–Kier alpha value is -7.91. The van der Waals surface area contributed by atoms with Gasteiger partial charge in [-0.3, -0.25) is 33.8 Å². The van der Waals surface area contributed by atoms with Crippen molar-refractivity contribution < 1.29 is 98.2 Å². The van der Waals surface area contributed by atoms with E-state index in [4.69, 9.17) is 18.9 Å². The fourth-order valence-corrected chi connectivity index (χ4v) is 11.9. The number of hydrogen-bond acceptors (Lipinski definition) is 21. The Morgan fingerprint density at radius 2 is 0.883 bits per heavy atom. The summed E-state index contributed by atoms with van der Waals surface area (Å²) in [5.74, 6) is -9.93. The number of benzene rings is 4. The molecule has 5 aromatic rings. The third kappa shape index (κ3) is 20.5. The first-order valence-corrected chi connectivity index (χ1v) is 32.6. The van der Waals surface area contributed by atoms with E-state index in [0.29, 0.717) is 23.0 Å². The van der Waals surface area contributed by atoms with E-state index in [-0.39, 0.29) is 61.5 Å². The second-order valence-corrected chi connectivity index (χ2v) is 24.7. The minimum Gasteiger partial charge on any atom is -0.477 e. The largest absolute Gasteiger partial charge is 0.477 e. The van der Waals surface area contributed by atoms with Gasteiger partial charge in [-0.2, -0.15) is 23.5 Å². The molecule has 3 heterocycles.